The molecule has 148 valence electrons. The second-order valence-corrected chi connectivity index (χ2v) is 10.9. The summed E-state index contributed by atoms with van der Waals surface area (Å²) in [4.78, 5) is 13.5. The van der Waals surface area contributed by atoms with E-state index in [1.807, 2.05) is 37.3 Å². The standard InChI is InChI=1S/C21H30N2O3S/c1-4-22-17(12-15-8-6-5-7-9-15)19(24)23-18-13-16-10-11-21(18,20(16,2)3)14-27(23,25)26/h5-9,16-18,22H,4,10-14H2,1-3H3/t16-,17+,18-,21-/m1/s1. The first-order valence-electron chi connectivity index (χ1n) is 10.1. The van der Waals surface area contributed by atoms with Crippen LogP contribution in [0.2, 0.25) is 0 Å². The normalized spacial score (nSPS) is 33.8. The number of rotatable bonds is 5. The molecule has 1 spiro atoms. The molecule has 4 atom stereocenters. The van der Waals surface area contributed by atoms with Crippen molar-refractivity contribution in [1.29, 1.82) is 0 Å². The van der Waals surface area contributed by atoms with Crippen molar-refractivity contribution in [2.24, 2.45) is 16.7 Å². The maximum Gasteiger partial charge on any atom is 0.253 e. The molecule has 0 radical (unpaired) electrons. The van der Waals surface area contributed by atoms with Gasteiger partial charge < -0.3 is 5.32 Å². The Kier molecular flexibility index (Phi) is 4.43. The van der Waals surface area contributed by atoms with Gasteiger partial charge in [-0.05, 0) is 49.1 Å². The van der Waals surface area contributed by atoms with E-state index >= 15 is 0 Å². The summed E-state index contributed by atoms with van der Waals surface area (Å²) in [6, 6.07) is 9.13. The lowest BCUT2D eigenvalue weighted by molar-refractivity contribution is -0.131. The molecular weight excluding hydrogens is 360 g/mol. The number of likely N-dealkylation sites (N-methyl/N-ethyl adjacent to an activating group) is 1. The molecule has 1 N–H and O–H groups in total. The average Bonchev–Trinajstić information content (AvgIpc) is 3.09. The fraction of sp³-hybridized carbons (Fsp3) is 0.667. The molecule has 1 aromatic carbocycles. The van der Waals surface area contributed by atoms with Crippen LogP contribution < -0.4 is 5.32 Å². The predicted octanol–water partition coefficient (Wildman–Crippen LogP) is 2.57. The highest BCUT2D eigenvalue weighted by Crippen LogP contribution is 2.70. The van der Waals surface area contributed by atoms with Gasteiger partial charge in [-0.15, -0.1) is 0 Å². The van der Waals surface area contributed by atoms with Crippen LogP contribution in [0.25, 0.3) is 0 Å². The summed E-state index contributed by atoms with van der Waals surface area (Å²) in [5, 5.41) is 3.23. The Hall–Kier alpha value is -1.40. The van der Waals surface area contributed by atoms with Crippen molar-refractivity contribution in [3.63, 3.8) is 0 Å². The van der Waals surface area contributed by atoms with E-state index in [-0.39, 0.29) is 28.5 Å². The smallest absolute Gasteiger partial charge is 0.253 e. The summed E-state index contributed by atoms with van der Waals surface area (Å²) < 4.78 is 27.5. The molecule has 2 bridgehead atoms. The van der Waals surface area contributed by atoms with E-state index in [0.717, 1.165) is 24.8 Å². The second-order valence-electron chi connectivity index (χ2n) is 9.06. The van der Waals surface area contributed by atoms with E-state index in [4.69, 9.17) is 0 Å². The van der Waals surface area contributed by atoms with E-state index in [9.17, 15) is 13.2 Å². The third-order valence-corrected chi connectivity index (χ3v) is 9.57. The van der Waals surface area contributed by atoms with Gasteiger partial charge in [0.1, 0.15) is 0 Å². The average molecular weight is 391 g/mol. The van der Waals surface area contributed by atoms with Crippen LogP contribution in [0.4, 0.5) is 0 Å². The minimum absolute atomic E-state index is 0.0210. The van der Waals surface area contributed by atoms with Crippen LogP contribution in [0.1, 0.15) is 45.6 Å². The van der Waals surface area contributed by atoms with Gasteiger partial charge in [0.2, 0.25) is 10.0 Å². The van der Waals surface area contributed by atoms with E-state index in [0.29, 0.717) is 18.9 Å². The molecule has 1 amide bonds. The summed E-state index contributed by atoms with van der Waals surface area (Å²) in [7, 11) is -3.57. The van der Waals surface area contributed by atoms with Crippen LogP contribution in [-0.2, 0) is 21.2 Å². The molecule has 0 aromatic heterocycles. The molecule has 6 heteroatoms. The number of sulfonamides is 1. The predicted molar refractivity (Wildman–Crippen MR) is 106 cm³/mol. The molecule has 5 nitrogen and oxygen atoms in total. The highest BCUT2D eigenvalue weighted by atomic mass is 32.2. The zero-order valence-corrected chi connectivity index (χ0v) is 17.3. The number of carbonyl (C=O) groups excluding carboxylic acids is 1. The van der Waals surface area contributed by atoms with Crippen LogP contribution in [0, 0.1) is 16.7 Å². The molecule has 1 aliphatic heterocycles. The summed E-state index contributed by atoms with van der Waals surface area (Å²) in [5.41, 5.74) is 0.749. The van der Waals surface area contributed by atoms with E-state index < -0.39 is 16.1 Å². The molecule has 2 aliphatic carbocycles. The quantitative estimate of drug-likeness (QED) is 0.839. The van der Waals surface area contributed by atoms with Crippen molar-refractivity contribution in [3.05, 3.63) is 35.9 Å². The van der Waals surface area contributed by atoms with Gasteiger partial charge in [0.05, 0.1) is 17.8 Å². The Morgan fingerprint density at radius 3 is 2.63 bits per heavy atom. The zero-order chi connectivity index (χ0) is 19.4. The third kappa shape index (κ3) is 2.67. The summed E-state index contributed by atoms with van der Waals surface area (Å²) in [6.45, 7) is 6.99. The number of benzene rings is 1. The van der Waals surface area contributed by atoms with Crippen LogP contribution in [0.3, 0.4) is 0 Å². The summed E-state index contributed by atoms with van der Waals surface area (Å²) in [5.74, 6) is 0.371. The lowest BCUT2D eigenvalue weighted by Crippen LogP contribution is -2.52. The van der Waals surface area contributed by atoms with Gasteiger partial charge in [-0.2, -0.15) is 0 Å². The van der Waals surface area contributed by atoms with Crippen molar-refractivity contribution in [3.8, 4) is 0 Å². The lowest BCUT2D eigenvalue weighted by atomic mass is 9.69. The fourth-order valence-electron chi connectivity index (χ4n) is 6.08. The highest BCUT2D eigenvalue weighted by molar-refractivity contribution is 7.90. The number of carbonyl (C=O) groups is 1. The SMILES string of the molecule is CCN[C@@H](Cc1ccccc1)C(=O)N1[C@@H]2C[C@H]3CC[C@]2(CS1(=O)=O)C3(C)C. The molecule has 1 saturated heterocycles. The first kappa shape index (κ1) is 18.9. The first-order chi connectivity index (χ1) is 12.7. The summed E-state index contributed by atoms with van der Waals surface area (Å²) >= 11 is 0. The van der Waals surface area contributed by atoms with Gasteiger partial charge in [0.25, 0.3) is 5.91 Å². The highest BCUT2D eigenvalue weighted by Gasteiger charge is 2.72. The molecule has 0 unspecified atom stereocenters. The largest absolute Gasteiger partial charge is 0.306 e. The third-order valence-electron chi connectivity index (χ3n) is 7.66. The molecule has 1 heterocycles. The molecule has 3 aliphatic rings. The van der Waals surface area contributed by atoms with E-state index in [1.54, 1.807) is 0 Å². The van der Waals surface area contributed by atoms with Crippen molar-refractivity contribution in [1.82, 2.24) is 9.62 Å². The van der Waals surface area contributed by atoms with Gasteiger partial charge in [0.15, 0.2) is 0 Å². The van der Waals surface area contributed by atoms with Gasteiger partial charge in [-0.3, -0.25) is 4.79 Å². The number of nitrogens with one attached hydrogen (secondary N) is 1. The van der Waals surface area contributed by atoms with Gasteiger partial charge >= 0.3 is 0 Å². The second kappa shape index (κ2) is 6.31. The minimum atomic E-state index is -3.57. The molecular formula is C21H30N2O3S. The zero-order valence-electron chi connectivity index (χ0n) is 16.4. The summed E-state index contributed by atoms with van der Waals surface area (Å²) in [6.07, 6.45) is 3.33. The molecule has 2 saturated carbocycles. The topological polar surface area (TPSA) is 66.5 Å². The first-order valence-corrected chi connectivity index (χ1v) is 11.7. The Bertz CT molecular complexity index is 836. The number of hydrogen-bond donors (Lipinski definition) is 1. The van der Waals surface area contributed by atoms with Crippen LogP contribution in [-0.4, -0.2) is 43.0 Å². The Morgan fingerprint density at radius 2 is 2.00 bits per heavy atom. The van der Waals surface area contributed by atoms with Crippen LogP contribution in [0.15, 0.2) is 30.3 Å². The Balaban J connectivity index is 1.66. The van der Waals surface area contributed by atoms with E-state index in [2.05, 4.69) is 19.2 Å². The minimum Gasteiger partial charge on any atom is -0.306 e. The maximum absolute atomic E-state index is 13.5. The monoisotopic (exact) mass is 390 g/mol. The number of nitrogens with zero attached hydrogens (tertiary/aromatic N) is 1. The fourth-order valence-corrected chi connectivity index (χ4v) is 8.65. The Morgan fingerprint density at radius 1 is 1.30 bits per heavy atom. The van der Waals surface area contributed by atoms with Crippen LogP contribution in [0.5, 0.6) is 0 Å². The van der Waals surface area contributed by atoms with Crippen molar-refractivity contribution >= 4 is 15.9 Å². The van der Waals surface area contributed by atoms with Crippen molar-refractivity contribution in [2.45, 2.75) is 58.5 Å². The van der Waals surface area contributed by atoms with Gasteiger partial charge in [-0.1, -0.05) is 51.1 Å². The van der Waals surface area contributed by atoms with Gasteiger partial charge in [-0.25, -0.2) is 12.7 Å². The molecule has 1 aromatic rings. The number of hydrogen-bond acceptors (Lipinski definition) is 4. The molecule has 27 heavy (non-hydrogen) atoms. The molecule has 3 fully saturated rings. The van der Waals surface area contributed by atoms with Crippen LogP contribution >= 0.6 is 0 Å². The number of fused-ring (bicyclic) bond motifs is 1. The number of amides is 1. The lowest BCUT2D eigenvalue weighted by Gasteiger charge is -2.37. The molecule has 4 rings (SSSR count). The van der Waals surface area contributed by atoms with E-state index in [1.165, 1.54) is 4.31 Å². The van der Waals surface area contributed by atoms with Gasteiger partial charge in [0, 0.05) is 5.41 Å². The van der Waals surface area contributed by atoms with Crippen molar-refractivity contribution < 1.29 is 13.2 Å². The maximum atomic E-state index is 13.5. The van der Waals surface area contributed by atoms with Crippen molar-refractivity contribution in [2.75, 3.05) is 12.3 Å². The Labute approximate surface area is 162 Å².